The molecule has 0 saturated carbocycles. The number of carbonyl (C=O) groups is 4. The first-order chi connectivity index (χ1) is 25.8. The van der Waals surface area contributed by atoms with Crippen molar-refractivity contribution in [3.8, 4) is 5.75 Å². The lowest BCUT2D eigenvalue weighted by atomic mass is 9.78. The van der Waals surface area contributed by atoms with Crippen molar-refractivity contribution in [3.05, 3.63) is 58.7 Å². The van der Waals surface area contributed by atoms with Gasteiger partial charge in [-0.05, 0) is 118 Å². The van der Waals surface area contributed by atoms with Crippen LogP contribution in [0.5, 0.6) is 5.75 Å². The Balaban J connectivity index is 0.000000222. The van der Waals surface area contributed by atoms with Gasteiger partial charge < -0.3 is 29.9 Å². The van der Waals surface area contributed by atoms with E-state index in [1.165, 1.54) is 19.7 Å². The van der Waals surface area contributed by atoms with Gasteiger partial charge >= 0.3 is 12.1 Å². The van der Waals surface area contributed by atoms with Crippen molar-refractivity contribution in [2.75, 3.05) is 71.8 Å². The number of aryl methyl sites for hydroxylation is 2. The molecule has 0 unspecified atom stereocenters. The molecular weight excluding hydrogens is 688 g/mol. The number of amides is 5. The number of para-hydroxylation sites is 1. The molecule has 13 heteroatoms. The van der Waals surface area contributed by atoms with Gasteiger partial charge in [0.15, 0.2) is 0 Å². The highest BCUT2D eigenvalue weighted by atomic mass is 16.5. The Morgan fingerprint density at radius 2 is 1.46 bits per heavy atom. The number of phenols is 1. The molecule has 0 radical (unpaired) electrons. The average Bonchev–Trinajstić information content (AvgIpc) is 3.35. The highest BCUT2D eigenvalue weighted by Crippen LogP contribution is 2.33. The Hall–Kier alpha value is -4.36. The summed E-state index contributed by atoms with van der Waals surface area (Å²) in [6, 6.07) is 12.0. The normalized spacial score (nSPS) is 19.5. The number of hydrogen-bond donors (Lipinski definition) is 3. The number of hydrogen-bond acceptors (Lipinski definition) is 8. The van der Waals surface area contributed by atoms with Crippen LogP contribution in [0.2, 0.25) is 0 Å². The Morgan fingerprint density at radius 1 is 0.889 bits per heavy atom. The van der Waals surface area contributed by atoms with Gasteiger partial charge in [0.25, 0.3) is 5.91 Å². The number of urea groups is 1. The summed E-state index contributed by atoms with van der Waals surface area (Å²) in [7, 11) is 2.77. The molecule has 3 fully saturated rings. The predicted molar refractivity (Wildman–Crippen MR) is 206 cm³/mol. The van der Waals surface area contributed by atoms with E-state index < -0.39 is 0 Å². The highest BCUT2D eigenvalue weighted by Gasteiger charge is 2.33. The summed E-state index contributed by atoms with van der Waals surface area (Å²) in [5.41, 5.74) is 4.90. The number of fused-ring (bicyclic) bond motifs is 1. The van der Waals surface area contributed by atoms with E-state index in [-0.39, 0.29) is 42.4 Å². The van der Waals surface area contributed by atoms with Crippen molar-refractivity contribution in [3.63, 3.8) is 0 Å². The third-order valence-corrected chi connectivity index (χ3v) is 11.9. The molecule has 2 aromatic rings. The number of likely N-dealkylation sites (N-methyl/N-ethyl adjacent to an activating group) is 1. The third kappa shape index (κ3) is 10.4. The summed E-state index contributed by atoms with van der Waals surface area (Å²) in [6.07, 6.45) is 7.11. The number of likely N-dealkylation sites (tertiary alicyclic amines) is 3. The van der Waals surface area contributed by atoms with Crippen molar-refractivity contribution in [2.45, 2.75) is 78.2 Å². The van der Waals surface area contributed by atoms with Gasteiger partial charge in [-0.25, -0.2) is 14.7 Å². The van der Waals surface area contributed by atoms with Gasteiger partial charge in [-0.15, -0.1) is 0 Å². The van der Waals surface area contributed by atoms with Crippen molar-refractivity contribution in [1.29, 1.82) is 0 Å². The molecule has 54 heavy (non-hydrogen) atoms. The molecular formula is C41H60N6O7. The molecule has 2 aromatic carbocycles. The van der Waals surface area contributed by atoms with Crippen molar-refractivity contribution in [2.24, 2.45) is 17.8 Å². The average molecular weight is 749 g/mol. The van der Waals surface area contributed by atoms with Crippen LogP contribution in [0.25, 0.3) is 0 Å². The molecule has 5 amide bonds. The number of nitrogens with zero attached hydrogens (tertiary/aromatic N) is 5. The molecule has 4 heterocycles. The van der Waals surface area contributed by atoms with E-state index in [1.54, 1.807) is 4.90 Å². The van der Waals surface area contributed by atoms with E-state index in [2.05, 4.69) is 16.3 Å². The van der Waals surface area contributed by atoms with Crippen LogP contribution >= 0.6 is 0 Å². The summed E-state index contributed by atoms with van der Waals surface area (Å²) < 4.78 is 4.75. The van der Waals surface area contributed by atoms with Gasteiger partial charge in [-0.2, -0.15) is 0 Å². The topological polar surface area (TPSA) is 146 Å². The number of carbonyl (C=O) groups excluding carboxylic acids is 4. The molecule has 0 bridgehead atoms. The summed E-state index contributed by atoms with van der Waals surface area (Å²) in [6.45, 7) is 11.5. The number of piperidine rings is 3. The second-order valence-electron chi connectivity index (χ2n) is 15.6. The molecule has 3 N–H and O–H groups in total. The Labute approximate surface area is 320 Å². The maximum absolute atomic E-state index is 13.0. The molecule has 296 valence electrons. The molecule has 4 aliphatic heterocycles. The SMILES string of the molecule is COC(=O)N1CCC(N2CCc3ccccc3NC2=O)CC1.Cc1cc(C[C@@H](C)C(=O)N2CCC(C3CCN(CC(=O)N(C)O)CC3)CC2)cc(C)c1O. The van der Waals surface area contributed by atoms with E-state index in [0.717, 1.165) is 93.5 Å². The first-order valence-corrected chi connectivity index (χ1v) is 19.6. The number of methoxy groups -OCH3 is 1. The minimum Gasteiger partial charge on any atom is -0.507 e. The maximum Gasteiger partial charge on any atom is 0.409 e. The van der Waals surface area contributed by atoms with Gasteiger partial charge in [0.05, 0.1) is 13.7 Å². The number of anilines is 1. The van der Waals surface area contributed by atoms with Crippen LogP contribution in [0, 0.1) is 31.6 Å². The summed E-state index contributed by atoms with van der Waals surface area (Å²) in [5.74, 6) is 1.55. The van der Waals surface area contributed by atoms with Gasteiger partial charge in [0.2, 0.25) is 5.91 Å². The fourth-order valence-electron chi connectivity index (χ4n) is 8.61. The molecule has 0 aromatic heterocycles. The van der Waals surface area contributed by atoms with E-state index >= 15 is 0 Å². The highest BCUT2D eigenvalue weighted by molar-refractivity contribution is 5.91. The number of phenolic OH excluding ortho intramolecular Hbond substituents is 1. The maximum atomic E-state index is 13.0. The number of hydroxylamine groups is 2. The van der Waals surface area contributed by atoms with Crippen LogP contribution in [-0.2, 0) is 27.2 Å². The van der Waals surface area contributed by atoms with E-state index in [4.69, 9.17) is 4.74 Å². The van der Waals surface area contributed by atoms with Crippen molar-refractivity contribution < 1.29 is 34.2 Å². The van der Waals surface area contributed by atoms with Gasteiger partial charge in [-0.3, -0.25) is 19.7 Å². The number of benzene rings is 2. The molecule has 0 spiro atoms. The largest absolute Gasteiger partial charge is 0.507 e. The summed E-state index contributed by atoms with van der Waals surface area (Å²) >= 11 is 0. The standard InChI is InChI=1S/C25H39N3O4.C16H21N3O3/c1-17-13-20(14-18(2)24(17)30)15-19(3)25(31)28-11-7-22(8-12-28)21-5-9-27(10-6-21)16-23(29)26(4)32;1-22-16(21)18-9-7-13(8-10-18)19-11-6-12-4-2-3-5-14(12)17-15(19)20/h13-14,19,21-22,30,32H,5-12,15-16H2,1-4H3;2-5,13H,6-11H2,1H3,(H,17,20)/t19-;/m1./s1. The van der Waals surface area contributed by atoms with Crippen LogP contribution in [0.4, 0.5) is 15.3 Å². The molecule has 1 atom stereocenters. The van der Waals surface area contributed by atoms with Crippen LogP contribution < -0.4 is 5.32 Å². The fourth-order valence-corrected chi connectivity index (χ4v) is 8.61. The Bertz CT molecular complexity index is 1590. The van der Waals surface area contributed by atoms with Crippen LogP contribution in [0.3, 0.4) is 0 Å². The predicted octanol–water partition coefficient (Wildman–Crippen LogP) is 5.29. The van der Waals surface area contributed by atoms with Gasteiger partial charge in [-0.1, -0.05) is 37.3 Å². The van der Waals surface area contributed by atoms with Crippen LogP contribution in [0.1, 0.15) is 67.7 Å². The first-order valence-electron chi connectivity index (χ1n) is 19.6. The summed E-state index contributed by atoms with van der Waals surface area (Å²) in [4.78, 5) is 56.5. The van der Waals surface area contributed by atoms with Crippen molar-refractivity contribution in [1.82, 2.24) is 24.7 Å². The zero-order valence-electron chi connectivity index (χ0n) is 32.8. The smallest absolute Gasteiger partial charge is 0.409 e. The summed E-state index contributed by atoms with van der Waals surface area (Å²) in [5, 5.41) is 22.9. The minimum atomic E-state index is -0.286. The van der Waals surface area contributed by atoms with Gasteiger partial charge in [0.1, 0.15) is 5.75 Å². The lowest BCUT2D eigenvalue weighted by molar-refractivity contribution is -0.160. The molecule has 13 nitrogen and oxygen atoms in total. The number of aromatic hydroxyl groups is 1. The molecule has 4 aliphatic rings. The number of rotatable bonds is 7. The van der Waals surface area contributed by atoms with Gasteiger partial charge in [0, 0.05) is 57.4 Å². The second kappa shape index (κ2) is 18.8. The second-order valence-corrected chi connectivity index (χ2v) is 15.6. The number of ether oxygens (including phenoxy) is 1. The van der Waals surface area contributed by atoms with E-state index in [9.17, 15) is 29.5 Å². The minimum absolute atomic E-state index is 0.0403. The Kier molecular flexibility index (Phi) is 14.2. The quantitative estimate of drug-likeness (QED) is 0.256. The fraction of sp³-hybridized carbons (Fsp3) is 0.610. The molecule has 6 rings (SSSR count). The lowest BCUT2D eigenvalue weighted by Crippen LogP contribution is -2.50. The molecule has 3 saturated heterocycles. The zero-order chi connectivity index (χ0) is 38.9. The van der Waals surface area contributed by atoms with E-state index in [1.807, 2.05) is 60.9 Å². The van der Waals surface area contributed by atoms with E-state index in [0.29, 0.717) is 48.7 Å². The zero-order valence-corrected chi connectivity index (χ0v) is 32.8. The van der Waals surface area contributed by atoms with Crippen LogP contribution in [-0.4, -0.2) is 131 Å². The Morgan fingerprint density at radius 3 is 2.06 bits per heavy atom. The number of nitrogens with one attached hydrogen (secondary N) is 1. The monoisotopic (exact) mass is 748 g/mol. The lowest BCUT2D eigenvalue weighted by Gasteiger charge is -2.40. The third-order valence-electron chi connectivity index (χ3n) is 11.9. The molecule has 0 aliphatic carbocycles. The van der Waals surface area contributed by atoms with Crippen LogP contribution in [0.15, 0.2) is 36.4 Å². The van der Waals surface area contributed by atoms with Crippen molar-refractivity contribution >= 4 is 29.6 Å². The first kappa shape index (κ1) is 40.8.